The maximum Gasteiger partial charge on any atom is 0.145 e. The molecule has 0 atom stereocenters. The van der Waals surface area contributed by atoms with Crippen LogP contribution in [0.4, 0.5) is 17.1 Å². The Labute approximate surface area is 353 Å². The lowest BCUT2D eigenvalue weighted by molar-refractivity contribution is 0.670. The number of hydrogen-bond donors (Lipinski definition) is 0. The van der Waals surface area contributed by atoms with Crippen LogP contribution >= 0.6 is 0 Å². The van der Waals surface area contributed by atoms with Gasteiger partial charge in [0, 0.05) is 38.5 Å². The molecule has 12 rings (SSSR count). The van der Waals surface area contributed by atoms with E-state index in [1.807, 2.05) is 0 Å². The largest absolute Gasteiger partial charge is 0.455 e. The Morgan fingerprint density at radius 2 is 0.951 bits per heavy atom. The third kappa shape index (κ3) is 5.74. The number of aromatic nitrogens is 1. The number of rotatable bonds is 7. The van der Waals surface area contributed by atoms with E-state index in [0.29, 0.717) is 0 Å². The smallest absolute Gasteiger partial charge is 0.145 e. The molecule has 2 aromatic heterocycles. The molecule has 0 aliphatic rings. The first-order valence-electron chi connectivity index (χ1n) is 20.8. The molecular weight excluding hydrogens is 741 g/mol. The van der Waals surface area contributed by atoms with Crippen molar-refractivity contribution in [1.29, 1.82) is 0 Å². The zero-order valence-corrected chi connectivity index (χ0v) is 33.2. The Bertz CT molecular complexity index is 3540. The molecule has 61 heavy (non-hydrogen) atoms. The molecule has 0 saturated carbocycles. The second kappa shape index (κ2) is 14.3. The average molecular weight is 779 g/mol. The fourth-order valence-corrected chi connectivity index (χ4v) is 9.44. The van der Waals surface area contributed by atoms with Crippen LogP contribution < -0.4 is 4.90 Å². The summed E-state index contributed by atoms with van der Waals surface area (Å²) < 4.78 is 9.45. The molecule has 0 saturated heterocycles. The number of hydrogen-bond acceptors (Lipinski definition) is 2. The van der Waals surface area contributed by atoms with Gasteiger partial charge in [0.1, 0.15) is 11.2 Å². The number of nitrogens with zero attached hydrogens (tertiary/aromatic N) is 2. The van der Waals surface area contributed by atoms with Crippen molar-refractivity contribution >= 4 is 71.6 Å². The second-order valence-electron chi connectivity index (χ2n) is 15.6. The molecule has 3 heteroatoms. The van der Waals surface area contributed by atoms with E-state index in [1.54, 1.807) is 0 Å². The van der Waals surface area contributed by atoms with Gasteiger partial charge in [-0.3, -0.25) is 0 Å². The maximum atomic E-state index is 7.03. The summed E-state index contributed by atoms with van der Waals surface area (Å²) in [5.41, 5.74) is 15.0. The van der Waals surface area contributed by atoms with Gasteiger partial charge < -0.3 is 13.9 Å². The highest BCUT2D eigenvalue weighted by molar-refractivity contribution is 6.15. The van der Waals surface area contributed by atoms with Crippen LogP contribution in [0.1, 0.15) is 0 Å². The minimum absolute atomic E-state index is 0.850. The van der Waals surface area contributed by atoms with Crippen LogP contribution in [-0.2, 0) is 0 Å². The standard InChI is InChI=1S/C58H38N2O/c1-2-16-39(17-3-1)40-32-34-43(35-33-40)59(44-21-14-20-42(38-44)46-27-15-19-41-18-4-5-22-45(41)46)55-37-36-50-49-25-9-13-31-56(49)61-58(50)57(55)51-26-8-12-30-54(51)60-52-28-10-6-23-47(52)48-24-7-11-29-53(48)60/h1-38H. The quantitative estimate of drug-likeness (QED) is 0.161. The minimum atomic E-state index is 0.850. The number of benzene rings is 10. The van der Waals surface area contributed by atoms with Crippen LogP contribution in [0.5, 0.6) is 0 Å². The normalized spacial score (nSPS) is 11.6. The first kappa shape index (κ1) is 34.9. The highest BCUT2D eigenvalue weighted by Crippen LogP contribution is 2.49. The van der Waals surface area contributed by atoms with E-state index >= 15 is 0 Å². The van der Waals surface area contributed by atoms with Gasteiger partial charge in [0.15, 0.2) is 0 Å². The van der Waals surface area contributed by atoms with Gasteiger partial charge in [-0.1, -0.05) is 170 Å². The molecule has 2 heterocycles. The molecule has 0 unspecified atom stereocenters. The van der Waals surface area contributed by atoms with Gasteiger partial charge >= 0.3 is 0 Å². The molecular formula is C58H38N2O. The lowest BCUT2D eigenvalue weighted by Gasteiger charge is -2.29. The molecule has 286 valence electrons. The fraction of sp³-hybridized carbons (Fsp3) is 0. The van der Waals surface area contributed by atoms with Gasteiger partial charge in [-0.15, -0.1) is 0 Å². The lowest BCUT2D eigenvalue weighted by atomic mass is 9.95. The Kier molecular flexibility index (Phi) is 8.17. The SMILES string of the molecule is c1ccc(-c2ccc(N(c3cccc(-c4cccc5ccccc45)c3)c3ccc4c(oc5ccccc54)c3-c3ccccc3-n3c4ccccc4c4ccccc43)cc2)cc1. The van der Waals surface area contributed by atoms with Gasteiger partial charge in [0.25, 0.3) is 0 Å². The van der Waals surface area contributed by atoms with Gasteiger partial charge in [0.2, 0.25) is 0 Å². The molecule has 0 radical (unpaired) electrons. The third-order valence-corrected chi connectivity index (χ3v) is 12.2. The Balaban J connectivity index is 1.16. The zero-order chi connectivity index (χ0) is 40.3. The monoisotopic (exact) mass is 778 g/mol. The molecule has 0 fully saturated rings. The van der Waals surface area contributed by atoms with E-state index < -0.39 is 0 Å². The highest BCUT2D eigenvalue weighted by Gasteiger charge is 2.26. The molecule has 12 aromatic rings. The topological polar surface area (TPSA) is 21.3 Å². The molecule has 0 N–H and O–H groups in total. The average Bonchev–Trinajstić information content (AvgIpc) is 3.88. The van der Waals surface area contributed by atoms with Gasteiger partial charge in [-0.2, -0.15) is 0 Å². The van der Waals surface area contributed by atoms with Crippen molar-refractivity contribution in [2.24, 2.45) is 0 Å². The Morgan fingerprint density at radius 3 is 1.75 bits per heavy atom. The Morgan fingerprint density at radius 1 is 0.361 bits per heavy atom. The number of anilines is 3. The molecule has 0 bridgehead atoms. The van der Waals surface area contributed by atoms with Crippen molar-refractivity contribution in [2.75, 3.05) is 4.90 Å². The predicted octanol–water partition coefficient (Wildman–Crippen LogP) is 16.3. The maximum absolute atomic E-state index is 7.03. The van der Waals surface area contributed by atoms with Crippen LogP contribution in [-0.4, -0.2) is 4.57 Å². The van der Waals surface area contributed by atoms with Crippen LogP contribution in [0.3, 0.4) is 0 Å². The van der Waals surface area contributed by atoms with E-state index in [1.165, 1.54) is 38.2 Å². The number of para-hydroxylation sites is 4. The molecule has 3 nitrogen and oxygen atoms in total. The van der Waals surface area contributed by atoms with Crippen LogP contribution in [0.2, 0.25) is 0 Å². The summed E-state index contributed by atoms with van der Waals surface area (Å²) in [6.45, 7) is 0. The molecule has 0 aliphatic carbocycles. The first-order chi connectivity index (χ1) is 30.3. The van der Waals surface area contributed by atoms with E-state index in [2.05, 4.69) is 240 Å². The van der Waals surface area contributed by atoms with Crippen LogP contribution in [0.15, 0.2) is 235 Å². The summed E-state index contributed by atoms with van der Waals surface area (Å²) in [5, 5.41) is 7.07. The summed E-state index contributed by atoms with van der Waals surface area (Å²) in [7, 11) is 0. The number of furan rings is 1. The molecule has 0 aliphatic heterocycles. The summed E-state index contributed by atoms with van der Waals surface area (Å²) in [4.78, 5) is 2.41. The predicted molar refractivity (Wildman–Crippen MR) is 257 cm³/mol. The summed E-state index contributed by atoms with van der Waals surface area (Å²) >= 11 is 0. The van der Waals surface area contributed by atoms with Crippen LogP contribution in [0, 0.1) is 0 Å². The molecule has 10 aromatic carbocycles. The van der Waals surface area contributed by atoms with Gasteiger partial charge in [-0.05, 0) is 93.7 Å². The van der Waals surface area contributed by atoms with E-state index in [9.17, 15) is 0 Å². The minimum Gasteiger partial charge on any atom is -0.455 e. The van der Waals surface area contributed by atoms with Crippen molar-refractivity contribution in [3.8, 4) is 39.1 Å². The van der Waals surface area contributed by atoms with Crippen molar-refractivity contribution in [1.82, 2.24) is 4.57 Å². The van der Waals surface area contributed by atoms with Crippen molar-refractivity contribution < 1.29 is 4.42 Å². The van der Waals surface area contributed by atoms with Crippen molar-refractivity contribution in [2.45, 2.75) is 0 Å². The second-order valence-corrected chi connectivity index (χ2v) is 15.6. The molecule has 0 amide bonds. The van der Waals surface area contributed by atoms with Crippen LogP contribution in [0.25, 0.3) is 93.6 Å². The fourth-order valence-electron chi connectivity index (χ4n) is 9.44. The summed E-state index contributed by atoms with van der Waals surface area (Å²) in [6, 6.07) is 82.9. The van der Waals surface area contributed by atoms with E-state index in [4.69, 9.17) is 4.42 Å². The van der Waals surface area contributed by atoms with E-state index in [0.717, 1.165) is 72.4 Å². The summed E-state index contributed by atoms with van der Waals surface area (Å²) in [6.07, 6.45) is 0. The summed E-state index contributed by atoms with van der Waals surface area (Å²) in [5.74, 6) is 0. The number of fused-ring (bicyclic) bond motifs is 7. The third-order valence-electron chi connectivity index (χ3n) is 12.2. The van der Waals surface area contributed by atoms with Gasteiger partial charge in [-0.25, -0.2) is 0 Å². The highest BCUT2D eigenvalue weighted by atomic mass is 16.3. The first-order valence-corrected chi connectivity index (χ1v) is 20.8. The lowest BCUT2D eigenvalue weighted by Crippen LogP contribution is -2.12. The van der Waals surface area contributed by atoms with E-state index in [-0.39, 0.29) is 0 Å². The van der Waals surface area contributed by atoms with Gasteiger partial charge in [0.05, 0.1) is 28.0 Å². The molecule has 0 spiro atoms. The van der Waals surface area contributed by atoms with Crippen molar-refractivity contribution in [3.05, 3.63) is 231 Å². The Hall–Kier alpha value is -8.14. The van der Waals surface area contributed by atoms with Crippen molar-refractivity contribution in [3.63, 3.8) is 0 Å². The zero-order valence-electron chi connectivity index (χ0n) is 33.2.